The van der Waals surface area contributed by atoms with E-state index >= 15 is 0 Å². The van der Waals surface area contributed by atoms with Gasteiger partial charge in [0.2, 0.25) is 0 Å². The minimum atomic E-state index is -4.44. The topological polar surface area (TPSA) is 32.9 Å². The van der Waals surface area contributed by atoms with Crippen molar-refractivity contribution in [3.63, 3.8) is 0 Å². The Morgan fingerprint density at radius 1 is 1.16 bits per heavy atom. The molecule has 0 aliphatic rings. The first-order valence-electron chi connectivity index (χ1n) is 5.84. The van der Waals surface area contributed by atoms with Crippen molar-refractivity contribution in [1.82, 2.24) is 4.98 Å². The number of aromatic nitrogens is 1. The number of hydrogen-bond acceptors (Lipinski definition) is 1. The largest absolute Gasteiger partial charge is 0.418 e. The Morgan fingerprint density at radius 2 is 1.79 bits per heavy atom. The third-order valence-corrected chi connectivity index (χ3v) is 3.05. The van der Waals surface area contributed by atoms with Gasteiger partial charge in [-0.25, -0.2) is 0 Å². The van der Waals surface area contributed by atoms with E-state index in [0.29, 0.717) is 22.9 Å². The molecule has 0 radical (unpaired) electrons. The average molecular weight is 269 g/mol. The van der Waals surface area contributed by atoms with Crippen molar-refractivity contribution >= 4 is 17.2 Å². The highest BCUT2D eigenvalue weighted by atomic mass is 19.4. The molecule has 19 heavy (non-hydrogen) atoms. The summed E-state index contributed by atoms with van der Waals surface area (Å²) in [7, 11) is 0. The Bertz CT molecular complexity index is 632. The highest BCUT2D eigenvalue weighted by Crippen LogP contribution is 2.38. The quantitative estimate of drug-likeness (QED) is 0.769. The molecule has 1 aromatic heterocycles. The van der Waals surface area contributed by atoms with Crippen LogP contribution < -0.4 is 0 Å². The minimum absolute atomic E-state index is 0.0259. The molecule has 1 N–H and O–H groups in total. The van der Waals surface area contributed by atoms with Crippen LogP contribution in [0.15, 0.2) is 18.2 Å². The van der Waals surface area contributed by atoms with Gasteiger partial charge in [0.15, 0.2) is 6.29 Å². The molecule has 5 heteroatoms. The molecule has 0 aliphatic carbocycles. The molecule has 0 fully saturated rings. The summed E-state index contributed by atoms with van der Waals surface area (Å²) >= 11 is 0. The number of fused-ring (bicyclic) bond motifs is 1. The molecule has 2 aromatic rings. The zero-order valence-corrected chi connectivity index (χ0v) is 10.9. The Morgan fingerprint density at radius 3 is 2.26 bits per heavy atom. The van der Waals surface area contributed by atoms with Gasteiger partial charge in [-0.2, -0.15) is 13.2 Å². The van der Waals surface area contributed by atoms with Crippen LogP contribution in [0.5, 0.6) is 0 Å². The van der Waals surface area contributed by atoms with Crippen LogP contribution in [0.1, 0.15) is 42.4 Å². The fraction of sp³-hybridized carbons (Fsp3) is 0.357. The normalized spacial score (nSPS) is 12.9. The van der Waals surface area contributed by atoms with E-state index in [0.717, 1.165) is 6.07 Å². The van der Waals surface area contributed by atoms with Gasteiger partial charge < -0.3 is 4.98 Å². The maximum absolute atomic E-state index is 13.0. The molecule has 0 amide bonds. The zero-order valence-electron chi connectivity index (χ0n) is 10.9. The monoisotopic (exact) mass is 269 g/mol. The van der Waals surface area contributed by atoms with Crippen molar-refractivity contribution in [1.29, 1.82) is 0 Å². The second kappa shape index (κ2) is 4.11. The van der Waals surface area contributed by atoms with Gasteiger partial charge in [-0.1, -0.05) is 32.9 Å². The SMILES string of the molecule is CC(C)(C)c1[nH]c2c(C(F)(F)F)cccc2c1C=O. The number of benzene rings is 1. The minimum Gasteiger partial charge on any atom is -0.357 e. The molecule has 0 bridgehead atoms. The summed E-state index contributed by atoms with van der Waals surface area (Å²) in [6.45, 7) is 5.54. The summed E-state index contributed by atoms with van der Waals surface area (Å²) in [5.41, 5.74) is -0.383. The van der Waals surface area contributed by atoms with Crippen LogP contribution in [-0.4, -0.2) is 11.3 Å². The second-order valence-electron chi connectivity index (χ2n) is 5.51. The van der Waals surface area contributed by atoms with Gasteiger partial charge in [-0.3, -0.25) is 4.79 Å². The number of aldehydes is 1. The van der Waals surface area contributed by atoms with E-state index < -0.39 is 17.2 Å². The van der Waals surface area contributed by atoms with Crippen LogP contribution in [0.3, 0.4) is 0 Å². The van der Waals surface area contributed by atoms with E-state index in [9.17, 15) is 18.0 Å². The Kier molecular flexibility index (Phi) is 2.96. The maximum atomic E-state index is 13.0. The molecule has 0 unspecified atom stereocenters. The molecule has 2 rings (SSSR count). The van der Waals surface area contributed by atoms with Crippen LogP contribution in [0.25, 0.3) is 10.9 Å². The number of nitrogens with one attached hydrogen (secondary N) is 1. The molecule has 0 atom stereocenters. The number of carbonyl (C=O) groups is 1. The number of para-hydroxylation sites is 1. The fourth-order valence-electron chi connectivity index (χ4n) is 2.19. The molecule has 0 aliphatic heterocycles. The van der Waals surface area contributed by atoms with Crippen LogP contribution >= 0.6 is 0 Å². The molecule has 1 aromatic carbocycles. The third-order valence-electron chi connectivity index (χ3n) is 3.05. The van der Waals surface area contributed by atoms with Gasteiger partial charge in [0.1, 0.15) is 0 Å². The Hall–Kier alpha value is -1.78. The van der Waals surface area contributed by atoms with E-state index in [1.807, 2.05) is 20.8 Å². The van der Waals surface area contributed by atoms with E-state index in [2.05, 4.69) is 4.98 Å². The predicted octanol–water partition coefficient (Wildman–Crippen LogP) is 4.30. The highest BCUT2D eigenvalue weighted by Gasteiger charge is 2.34. The lowest BCUT2D eigenvalue weighted by atomic mass is 9.89. The fourth-order valence-corrected chi connectivity index (χ4v) is 2.19. The molecule has 102 valence electrons. The van der Waals surface area contributed by atoms with Crippen LogP contribution in [0.4, 0.5) is 13.2 Å². The van der Waals surface area contributed by atoms with Crippen LogP contribution in [-0.2, 0) is 11.6 Å². The lowest BCUT2D eigenvalue weighted by Gasteiger charge is -2.17. The van der Waals surface area contributed by atoms with Crippen molar-refractivity contribution in [3.05, 3.63) is 35.0 Å². The van der Waals surface area contributed by atoms with E-state index in [-0.39, 0.29) is 5.52 Å². The lowest BCUT2D eigenvalue weighted by molar-refractivity contribution is -0.136. The first-order valence-corrected chi connectivity index (χ1v) is 5.84. The molecular formula is C14H14F3NO. The summed E-state index contributed by atoms with van der Waals surface area (Å²) in [5.74, 6) is 0. The standard InChI is InChI=1S/C14H14F3NO/c1-13(2,3)12-9(7-19)8-5-4-6-10(11(8)18-12)14(15,16)17/h4-7,18H,1-3H3. The lowest BCUT2D eigenvalue weighted by Crippen LogP contribution is -2.14. The zero-order chi connectivity index (χ0) is 14.4. The summed E-state index contributed by atoms with van der Waals surface area (Å²) < 4.78 is 38.9. The van der Waals surface area contributed by atoms with Gasteiger partial charge in [-0.05, 0) is 6.07 Å². The van der Waals surface area contributed by atoms with Crippen molar-refractivity contribution < 1.29 is 18.0 Å². The van der Waals surface area contributed by atoms with Crippen molar-refractivity contribution in [2.24, 2.45) is 0 Å². The van der Waals surface area contributed by atoms with Gasteiger partial charge in [0.05, 0.1) is 11.1 Å². The number of alkyl halides is 3. The average Bonchev–Trinajstić information content (AvgIpc) is 2.65. The Labute approximate surface area is 108 Å². The van der Waals surface area contributed by atoms with Crippen molar-refractivity contribution in [2.75, 3.05) is 0 Å². The molecule has 1 heterocycles. The number of halogens is 3. The van der Waals surface area contributed by atoms with Crippen LogP contribution in [0.2, 0.25) is 0 Å². The molecule has 0 saturated heterocycles. The van der Waals surface area contributed by atoms with Gasteiger partial charge in [0.25, 0.3) is 0 Å². The van der Waals surface area contributed by atoms with Crippen molar-refractivity contribution in [3.8, 4) is 0 Å². The maximum Gasteiger partial charge on any atom is 0.418 e. The van der Waals surface area contributed by atoms with Crippen LogP contribution in [0, 0.1) is 0 Å². The Balaban J connectivity index is 2.87. The molecule has 0 saturated carbocycles. The number of aromatic amines is 1. The van der Waals surface area contributed by atoms with Gasteiger partial charge in [-0.15, -0.1) is 0 Å². The van der Waals surface area contributed by atoms with E-state index in [1.165, 1.54) is 12.1 Å². The van der Waals surface area contributed by atoms with Gasteiger partial charge in [0, 0.05) is 22.1 Å². The molecule has 0 spiro atoms. The first kappa shape index (κ1) is 13.6. The number of carbonyl (C=O) groups excluding carboxylic acids is 1. The molecule has 2 nitrogen and oxygen atoms in total. The van der Waals surface area contributed by atoms with E-state index in [1.54, 1.807) is 0 Å². The summed E-state index contributed by atoms with van der Waals surface area (Å²) in [5, 5.41) is 0.315. The smallest absolute Gasteiger partial charge is 0.357 e. The van der Waals surface area contributed by atoms with Crippen molar-refractivity contribution in [2.45, 2.75) is 32.4 Å². The van der Waals surface area contributed by atoms with Gasteiger partial charge >= 0.3 is 6.18 Å². The highest BCUT2D eigenvalue weighted by molar-refractivity contribution is 6.00. The first-order chi connectivity index (χ1) is 8.66. The second-order valence-corrected chi connectivity index (χ2v) is 5.51. The number of rotatable bonds is 1. The summed E-state index contributed by atoms with van der Waals surface area (Å²) in [6.07, 6.45) is -3.83. The summed E-state index contributed by atoms with van der Waals surface area (Å²) in [6, 6.07) is 3.86. The number of hydrogen-bond donors (Lipinski definition) is 1. The summed E-state index contributed by atoms with van der Waals surface area (Å²) in [4.78, 5) is 14.0. The van der Waals surface area contributed by atoms with E-state index in [4.69, 9.17) is 0 Å². The molecular weight excluding hydrogens is 255 g/mol. The predicted molar refractivity (Wildman–Crippen MR) is 67.4 cm³/mol. The number of H-pyrrole nitrogens is 1. The third kappa shape index (κ3) is 2.25.